The van der Waals surface area contributed by atoms with Gasteiger partial charge < -0.3 is 10.4 Å². The molecule has 0 aliphatic heterocycles. The van der Waals surface area contributed by atoms with Crippen LogP contribution in [-0.4, -0.2) is 24.3 Å². The normalized spacial score (nSPS) is 9.95. The quantitative estimate of drug-likeness (QED) is 0.883. The maximum Gasteiger partial charge on any atom is 0.326 e. The molecule has 0 bridgehead atoms. The van der Waals surface area contributed by atoms with Crippen molar-refractivity contribution in [2.45, 2.75) is 0 Å². The average molecular weight is 256 g/mol. The molecular formula is C15H16N2O2. The largest absolute Gasteiger partial charge is 0.395 e. The minimum absolute atomic E-state index is 0.0802. The molecule has 19 heavy (non-hydrogen) atoms. The van der Waals surface area contributed by atoms with Crippen molar-refractivity contribution in [2.75, 3.05) is 18.1 Å². The Morgan fingerprint density at radius 3 is 1.84 bits per heavy atom. The third-order valence-corrected chi connectivity index (χ3v) is 2.62. The minimum atomic E-state index is -0.258. The van der Waals surface area contributed by atoms with Gasteiger partial charge >= 0.3 is 6.03 Å². The van der Waals surface area contributed by atoms with E-state index in [1.54, 1.807) is 4.90 Å². The molecule has 2 amide bonds. The smallest absolute Gasteiger partial charge is 0.326 e. The Morgan fingerprint density at radius 2 is 1.42 bits per heavy atom. The van der Waals surface area contributed by atoms with Crippen molar-refractivity contribution in [3.05, 3.63) is 60.7 Å². The van der Waals surface area contributed by atoms with Crippen LogP contribution in [0.5, 0.6) is 0 Å². The van der Waals surface area contributed by atoms with Gasteiger partial charge in [0.05, 0.1) is 18.0 Å². The van der Waals surface area contributed by atoms with Gasteiger partial charge in [0.25, 0.3) is 0 Å². The Kier molecular flexibility index (Phi) is 4.53. The number of hydrogen-bond acceptors (Lipinski definition) is 2. The van der Waals surface area contributed by atoms with Gasteiger partial charge in [-0.15, -0.1) is 0 Å². The van der Waals surface area contributed by atoms with E-state index >= 15 is 0 Å². The highest BCUT2D eigenvalue weighted by Crippen LogP contribution is 2.24. The summed E-state index contributed by atoms with van der Waals surface area (Å²) in [5.74, 6) is 0. The number of aliphatic hydroxyl groups excluding tert-OH is 1. The van der Waals surface area contributed by atoms with Crippen molar-refractivity contribution >= 4 is 17.4 Å². The lowest BCUT2D eigenvalue weighted by Crippen LogP contribution is -2.38. The summed E-state index contributed by atoms with van der Waals surface area (Å²) in [6.07, 6.45) is 0. The van der Waals surface area contributed by atoms with E-state index in [-0.39, 0.29) is 19.2 Å². The highest BCUT2D eigenvalue weighted by atomic mass is 16.3. The van der Waals surface area contributed by atoms with E-state index in [9.17, 15) is 4.79 Å². The fourth-order valence-corrected chi connectivity index (χ4v) is 1.78. The molecule has 2 aromatic rings. The first-order chi connectivity index (χ1) is 9.33. The fraction of sp³-hybridized carbons (Fsp3) is 0.133. The van der Waals surface area contributed by atoms with Crippen molar-refractivity contribution in [2.24, 2.45) is 0 Å². The average Bonchev–Trinajstić information content (AvgIpc) is 2.47. The number of nitrogens with one attached hydrogen (secondary N) is 1. The lowest BCUT2D eigenvalue weighted by Gasteiger charge is -2.23. The van der Waals surface area contributed by atoms with Crippen LogP contribution in [0, 0.1) is 0 Å². The molecule has 0 atom stereocenters. The van der Waals surface area contributed by atoms with Crippen molar-refractivity contribution in [3.63, 3.8) is 0 Å². The predicted octanol–water partition coefficient (Wildman–Crippen LogP) is 2.53. The SMILES string of the molecule is O=C(NCCO)N(c1ccccc1)c1ccccc1. The Bertz CT molecular complexity index is 475. The van der Waals surface area contributed by atoms with Gasteiger partial charge in [-0.3, -0.25) is 4.90 Å². The monoisotopic (exact) mass is 256 g/mol. The Morgan fingerprint density at radius 1 is 0.947 bits per heavy atom. The maximum absolute atomic E-state index is 12.2. The topological polar surface area (TPSA) is 52.6 Å². The first-order valence-electron chi connectivity index (χ1n) is 6.12. The zero-order valence-electron chi connectivity index (χ0n) is 10.5. The summed E-state index contributed by atoms with van der Waals surface area (Å²) in [5, 5.41) is 11.5. The van der Waals surface area contributed by atoms with Crippen LogP contribution in [0.3, 0.4) is 0 Å². The van der Waals surface area contributed by atoms with Gasteiger partial charge in [-0.1, -0.05) is 36.4 Å². The van der Waals surface area contributed by atoms with Gasteiger partial charge in [0, 0.05) is 6.54 Å². The molecule has 2 N–H and O–H groups in total. The van der Waals surface area contributed by atoms with Crippen LogP contribution in [0.1, 0.15) is 0 Å². The number of urea groups is 1. The van der Waals surface area contributed by atoms with Crippen molar-refractivity contribution in [1.29, 1.82) is 0 Å². The van der Waals surface area contributed by atoms with Crippen LogP contribution in [-0.2, 0) is 0 Å². The van der Waals surface area contributed by atoms with Crippen LogP contribution in [0.25, 0.3) is 0 Å². The Labute approximate surface area is 112 Å². The lowest BCUT2D eigenvalue weighted by molar-refractivity contribution is 0.241. The summed E-state index contributed by atoms with van der Waals surface area (Å²) in [6.45, 7) is 0.151. The summed E-state index contributed by atoms with van der Waals surface area (Å²) in [7, 11) is 0. The standard InChI is InChI=1S/C15H16N2O2/c18-12-11-16-15(19)17(13-7-3-1-4-8-13)14-9-5-2-6-10-14/h1-10,18H,11-12H2,(H,16,19). The van der Waals surface area contributed by atoms with Crippen molar-refractivity contribution < 1.29 is 9.90 Å². The predicted molar refractivity (Wildman–Crippen MR) is 75.5 cm³/mol. The summed E-state index contributed by atoms with van der Waals surface area (Å²) in [6, 6.07) is 18.5. The van der Waals surface area contributed by atoms with E-state index in [2.05, 4.69) is 5.32 Å². The molecule has 0 saturated heterocycles. The number of hydrogen-bond donors (Lipinski definition) is 2. The van der Waals surface area contributed by atoms with Crippen LogP contribution in [0.2, 0.25) is 0 Å². The fourth-order valence-electron chi connectivity index (χ4n) is 1.78. The summed E-state index contributed by atoms with van der Waals surface area (Å²) < 4.78 is 0. The van der Waals surface area contributed by atoms with Crippen LogP contribution in [0.15, 0.2) is 60.7 Å². The summed E-state index contributed by atoms with van der Waals surface area (Å²) in [4.78, 5) is 13.8. The van der Waals surface area contributed by atoms with E-state index in [1.807, 2.05) is 60.7 Å². The van der Waals surface area contributed by atoms with E-state index < -0.39 is 0 Å². The number of rotatable bonds is 4. The van der Waals surface area contributed by atoms with Crippen LogP contribution in [0.4, 0.5) is 16.2 Å². The van der Waals surface area contributed by atoms with Gasteiger partial charge in [-0.25, -0.2) is 4.79 Å². The molecular weight excluding hydrogens is 240 g/mol. The second-order valence-corrected chi connectivity index (χ2v) is 3.96. The summed E-state index contributed by atoms with van der Waals surface area (Å²) in [5.41, 5.74) is 1.56. The number of carbonyl (C=O) groups excluding carboxylic acids is 1. The molecule has 2 aromatic carbocycles. The number of aliphatic hydroxyl groups is 1. The molecule has 0 saturated carbocycles. The molecule has 0 unspecified atom stereocenters. The Hall–Kier alpha value is -2.33. The molecule has 0 heterocycles. The maximum atomic E-state index is 12.2. The van der Waals surface area contributed by atoms with Gasteiger partial charge in [-0.2, -0.15) is 0 Å². The molecule has 4 heteroatoms. The molecule has 0 aliphatic rings. The number of carbonyl (C=O) groups is 1. The van der Waals surface area contributed by atoms with E-state index in [0.717, 1.165) is 11.4 Å². The zero-order valence-corrected chi connectivity index (χ0v) is 10.5. The van der Waals surface area contributed by atoms with E-state index in [0.29, 0.717) is 0 Å². The van der Waals surface area contributed by atoms with Gasteiger partial charge in [0.1, 0.15) is 0 Å². The van der Waals surface area contributed by atoms with Crippen molar-refractivity contribution in [1.82, 2.24) is 5.32 Å². The zero-order chi connectivity index (χ0) is 13.5. The van der Waals surface area contributed by atoms with E-state index in [4.69, 9.17) is 5.11 Å². The molecule has 0 fully saturated rings. The molecule has 0 aromatic heterocycles. The molecule has 0 radical (unpaired) electrons. The number of para-hydroxylation sites is 2. The highest BCUT2D eigenvalue weighted by molar-refractivity contribution is 5.99. The molecule has 98 valence electrons. The number of nitrogens with zero attached hydrogens (tertiary/aromatic N) is 1. The molecule has 0 spiro atoms. The van der Waals surface area contributed by atoms with Gasteiger partial charge in [-0.05, 0) is 24.3 Å². The van der Waals surface area contributed by atoms with Crippen LogP contribution >= 0.6 is 0 Å². The first kappa shape index (κ1) is 13.1. The molecule has 0 aliphatic carbocycles. The third-order valence-electron chi connectivity index (χ3n) is 2.62. The third kappa shape index (κ3) is 3.33. The number of benzene rings is 2. The molecule has 4 nitrogen and oxygen atoms in total. The Balaban J connectivity index is 2.31. The first-order valence-corrected chi connectivity index (χ1v) is 6.12. The highest BCUT2D eigenvalue weighted by Gasteiger charge is 2.16. The van der Waals surface area contributed by atoms with Gasteiger partial charge in [0.2, 0.25) is 0 Å². The number of amides is 2. The second kappa shape index (κ2) is 6.56. The minimum Gasteiger partial charge on any atom is -0.395 e. The van der Waals surface area contributed by atoms with Crippen LogP contribution < -0.4 is 10.2 Å². The van der Waals surface area contributed by atoms with Crippen molar-refractivity contribution in [3.8, 4) is 0 Å². The van der Waals surface area contributed by atoms with E-state index in [1.165, 1.54) is 0 Å². The number of anilines is 2. The summed E-state index contributed by atoms with van der Waals surface area (Å²) >= 11 is 0. The second-order valence-electron chi connectivity index (χ2n) is 3.96. The van der Waals surface area contributed by atoms with Gasteiger partial charge in [0.15, 0.2) is 0 Å². The lowest BCUT2D eigenvalue weighted by atomic mass is 10.2. The molecule has 2 rings (SSSR count).